The number of rotatable bonds is 5. The summed E-state index contributed by atoms with van der Waals surface area (Å²) in [5.41, 5.74) is 4.15. The monoisotopic (exact) mass is 376 g/mol. The van der Waals surface area contributed by atoms with Gasteiger partial charge in [-0.1, -0.05) is 43.3 Å². The molecule has 4 nitrogen and oxygen atoms in total. The minimum atomic E-state index is -0.00684. The summed E-state index contributed by atoms with van der Waals surface area (Å²) in [6, 6.07) is 14.7. The van der Waals surface area contributed by atoms with Crippen molar-refractivity contribution < 1.29 is 9.53 Å². The number of hydrogen-bond acceptors (Lipinski definition) is 3. The number of amides is 1. The molecule has 4 rings (SSSR count). The lowest BCUT2D eigenvalue weighted by Crippen LogP contribution is -2.35. The molecule has 2 aromatic carbocycles. The highest BCUT2D eigenvalue weighted by molar-refractivity contribution is 6.01. The van der Waals surface area contributed by atoms with Crippen LogP contribution in [0.15, 0.2) is 54.6 Å². The normalized spacial score (nSPS) is 23.3. The molecule has 4 unspecified atom stereocenters. The molecule has 4 heteroatoms. The molecule has 0 bridgehead atoms. The van der Waals surface area contributed by atoms with Crippen molar-refractivity contribution in [2.75, 3.05) is 12.4 Å². The molecule has 1 aliphatic heterocycles. The van der Waals surface area contributed by atoms with Crippen molar-refractivity contribution >= 4 is 11.6 Å². The average Bonchev–Trinajstić information content (AvgIpc) is 3.23. The molecule has 0 saturated carbocycles. The first-order chi connectivity index (χ1) is 13.6. The van der Waals surface area contributed by atoms with Crippen LogP contribution in [-0.2, 0) is 0 Å². The summed E-state index contributed by atoms with van der Waals surface area (Å²) in [5.74, 6) is 1.63. The Hall–Kier alpha value is -2.75. The van der Waals surface area contributed by atoms with E-state index in [0.717, 1.165) is 29.8 Å². The standard InChI is InChI=1S/C24H28N2O2/c1-4-15(2)25-24(27)21-10-6-9-20-18-7-5-8-19(18)22(26-23(20)21)16-11-13-17(28-3)14-12-16/h5-7,9-15,18-19,22,26H,4,8H2,1-3H3,(H,25,27). The number of allylic oxidation sites excluding steroid dienone is 2. The molecule has 28 heavy (non-hydrogen) atoms. The fourth-order valence-corrected chi connectivity index (χ4v) is 4.36. The van der Waals surface area contributed by atoms with E-state index in [9.17, 15) is 4.79 Å². The highest BCUT2D eigenvalue weighted by Crippen LogP contribution is 2.50. The second-order valence-electron chi connectivity index (χ2n) is 7.80. The predicted octanol–water partition coefficient (Wildman–Crippen LogP) is 5.05. The van der Waals surface area contributed by atoms with Gasteiger partial charge in [-0.05, 0) is 55.0 Å². The van der Waals surface area contributed by atoms with E-state index in [1.54, 1.807) is 7.11 Å². The Kier molecular flexibility index (Phi) is 5.12. The number of benzene rings is 2. The van der Waals surface area contributed by atoms with Gasteiger partial charge in [-0.3, -0.25) is 4.79 Å². The van der Waals surface area contributed by atoms with E-state index in [-0.39, 0.29) is 18.0 Å². The predicted molar refractivity (Wildman–Crippen MR) is 113 cm³/mol. The van der Waals surface area contributed by atoms with Gasteiger partial charge in [0.05, 0.1) is 24.4 Å². The Bertz CT molecular complexity index is 888. The van der Waals surface area contributed by atoms with E-state index in [4.69, 9.17) is 4.74 Å². The van der Waals surface area contributed by atoms with Crippen LogP contribution < -0.4 is 15.4 Å². The van der Waals surface area contributed by atoms with Gasteiger partial charge in [0.1, 0.15) is 5.75 Å². The number of carbonyl (C=O) groups excluding carboxylic acids is 1. The number of para-hydroxylation sites is 1. The van der Waals surface area contributed by atoms with Gasteiger partial charge in [-0.15, -0.1) is 0 Å². The summed E-state index contributed by atoms with van der Waals surface area (Å²) >= 11 is 0. The van der Waals surface area contributed by atoms with Crippen LogP contribution in [0.25, 0.3) is 0 Å². The van der Waals surface area contributed by atoms with Crippen molar-refractivity contribution in [2.24, 2.45) is 5.92 Å². The zero-order chi connectivity index (χ0) is 19.7. The van der Waals surface area contributed by atoms with Gasteiger partial charge in [0.15, 0.2) is 0 Å². The summed E-state index contributed by atoms with van der Waals surface area (Å²) in [4.78, 5) is 12.9. The van der Waals surface area contributed by atoms with E-state index in [0.29, 0.717) is 11.8 Å². The number of ether oxygens (including phenoxy) is 1. The molecule has 0 fully saturated rings. The molecule has 0 radical (unpaired) electrons. The molecule has 0 saturated heterocycles. The quantitative estimate of drug-likeness (QED) is 0.718. The van der Waals surface area contributed by atoms with E-state index in [1.165, 1.54) is 11.1 Å². The summed E-state index contributed by atoms with van der Waals surface area (Å²) in [7, 11) is 1.68. The molecule has 0 spiro atoms. The Morgan fingerprint density at radius 2 is 2.04 bits per heavy atom. The fourth-order valence-electron chi connectivity index (χ4n) is 4.36. The van der Waals surface area contributed by atoms with Crippen LogP contribution in [0.4, 0.5) is 5.69 Å². The maximum atomic E-state index is 12.9. The summed E-state index contributed by atoms with van der Waals surface area (Å²) in [6.45, 7) is 4.12. The second-order valence-corrected chi connectivity index (χ2v) is 7.80. The van der Waals surface area contributed by atoms with Crippen molar-refractivity contribution in [3.8, 4) is 5.75 Å². The Morgan fingerprint density at radius 3 is 2.75 bits per heavy atom. The first-order valence-electron chi connectivity index (χ1n) is 10.1. The minimum absolute atomic E-state index is 0.00684. The van der Waals surface area contributed by atoms with Gasteiger partial charge >= 0.3 is 0 Å². The van der Waals surface area contributed by atoms with E-state index in [2.05, 4.69) is 47.9 Å². The summed E-state index contributed by atoms with van der Waals surface area (Å²) in [5, 5.41) is 6.83. The SMILES string of the molecule is CCC(C)NC(=O)c1cccc2c1NC(c1ccc(OC)cc1)C1CC=CC21. The van der Waals surface area contributed by atoms with Gasteiger partial charge in [-0.25, -0.2) is 0 Å². The van der Waals surface area contributed by atoms with Crippen molar-refractivity contribution in [1.82, 2.24) is 5.32 Å². The third-order valence-corrected chi connectivity index (χ3v) is 6.11. The zero-order valence-corrected chi connectivity index (χ0v) is 16.7. The molecular weight excluding hydrogens is 348 g/mol. The molecule has 1 aliphatic carbocycles. The number of methoxy groups -OCH3 is 1. The molecule has 146 valence electrons. The first kappa shape index (κ1) is 18.6. The topological polar surface area (TPSA) is 50.4 Å². The highest BCUT2D eigenvalue weighted by Gasteiger charge is 2.39. The van der Waals surface area contributed by atoms with Crippen LogP contribution in [-0.4, -0.2) is 19.1 Å². The summed E-state index contributed by atoms with van der Waals surface area (Å²) in [6.07, 6.45) is 6.53. The molecule has 2 aromatic rings. The van der Waals surface area contributed by atoms with E-state index < -0.39 is 0 Å². The fraction of sp³-hybridized carbons (Fsp3) is 0.375. The Morgan fingerprint density at radius 1 is 1.25 bits per heavy atom. The van der Waals surface area contributed by atoms with Gasteiger partial charge in [-0.2, -0.15) is 0 Å². The van der Waals surface area contributed by atoms with Crippen molar-refractivity contribution in [2.45, 2.75) is 44.7 Å². The van der Waals surface area contributed by atoms with Gasteiger partial charge in [0, 0.05) is 12.0 Å². The third-order valence-electron chi connectivity index (χ3n) is 6.11. The molecule has 1 amide bonds. The largest absolute Gasteiger partial charge is 0.497 e. The Labute approximate surface area is 167 Å². The number of anilines is 1. The molecule has 2 N–H and O–H groups in total. The number of nitrogens with one attached hydrogen (secondary N) is 2. The number of hydrogen-bond donors (Lipinski definition) is 2. The highest BCUT2D eigenvalue weighted by atomic mass is 16.5. The van der Waals surface area contributed by atoms with Crippen molar-refractivity contribution in [3.63, 3.8) is 0 Å². The van der Waals surface area contributed by atoms with Gasteiger partial charge in [0.2, 0.25) is 0 Å². The number of fused-ring (bicyclic) bond motifs is 3. The van der Waals surface area contributed by atoms with Crippen molar-refractivity contribution in [1.29, 1.82) is 0 Å². The average molecular weight is 377 g/mol. The lowest BCUT2D eigenvalue weighted by Gasteiger charge is -2.38. The van der Waals surface area contributed by atoms with E-state index >= 15 is 0 Å². The van der Waals surface area contributed by atoms with Crippen LogP contribution in [0.3, 0.4) is 0 Å². The van der Waals surface area contributed by atoms with E-state index in [1.807, 2.05) is 31.2 Å². The minimum Gasteiger partial charge on any atom is -0.497 e. The molecule has 4 atom stereocenters. The Balaban J connectivity index is 1.72. The van der Waals surface area contributed by atoms with Crippen molar-refractivity contribution in [3.05, 3.63) is 71.3 Å². The maximum Gasteiger partial charge on any atom is 0.253 e. The second kappa shape index (κ2) is 7.70. The zero-order valence-electron chi connectivity index (χ0n) is 16.7. The van der Waals surface area contributed by atoms with Crippen LogP contribution in [0, 0.1) is 5.92 Å². The summed E-state index contributed by atoms with van der Waals surface area (Å²) < 4.78 is 5.31. The molecular formula is C24H28N2O2. The number of carbonyl (C=O) groups is 1. The molecule has 0 aromatic heterocycles. The smallest absolute Gasteiger partial charge is 0.253 e. The van der Waals surface area contributed by atoms with Crippen LogP contribution in [0.2, 0.25) is 0 Å². The van der Waals surface area contributed by atoms with Crippen LogP contribution in [0.5, 0.6) is 5.75 Å². The lowest BCUT2D eigenvalue weighted by molar-refractivity contribution is 0.0939. The van der Waals surface area contributed by atoms with Crippen LogP contribution in [0.1, 0.15) is 60.1 Å². The van der Waals surface area contributed by atoms with Gasteiger partial charge in [0.25, 0.3) is 5.91 Å². The molecule has 1 heterocycles. The molecule has 2 aliphatic rings. The lowest BCUT2D eigenvalue weighted by atomic mass is 9.76. The third kappa shape index (κ3) is 3.28. The maximum absolute atomic E-state index is 12.9. The van der Waals surface area contributed by atoms with Gasteiger partial charge < -0.3 is 15.4 Å². The first-order valence-corrected chi connectivity index (χ1v) is 10.1. The van der Waals surface area contributed by atoms with Crippen LogP contribution >= 0.6 is 0 Å².